The molecule has 0 aliphatic rings. The van der Waals surface area contributed by atoms with Crippen LogP contribution in [0.15, 0.2) is 45.4 Å². The van der Waals surface area contributed by atoms with Gasteiger partial charge in [0, 0.05) is 15.1 Å². The summed E-state index contributed by atoms with van der Waals surface area (Å²) in [6.45, 7) is -0.121. The second kappa shape index (κ2) is 9.07. The molecule has 1 aromatic heterocycles. The molecular weight excluding hydrogens is 452 g/mol. The van der Waals surface area contributed by atoms with Crippen LogP contribution in [0.1, 0.15) is 11.5 Å². The summed E-state index contributed by atoms with van der Waals surface area (Å²) in [5.74, 6) is 1.24. The van der Waals surface area contributed by atoms with E-state index in [-0.39, 0.29) is 18.9 Å². The SMILES string of the molecule is COc1cc(Br)c(CC(=O)OCc2nc(-c3ccc(Cl)cc3)no2)cc1OC. The molecule has 28 heavy (non-hydrogen) atoms. The number of methoxy groups -OCH3 is 2. The lowest BCUT2D eigenvalue weighted by atomic mass is 10.1. The van der Waals surface area contributed by atoms with Crippen LogP contribution in [0.5, 0.6) is 11.5 Å². The van der Waals surface area contributed by atoms with Crippen molar-refractivity contribution in [1.29, 1.82) is 0 Å². The summed E-state index contributed by atoms with van der Waals surface area (Å²) in [5.41, 5.74) is 1.45. The smallest absolute Gasteiger partial charge is 0.310 e. The van der Waals surface area contributed by atoms with Crippen molar-refractivity contribution in [1.82, 2.24) is 10.1 Å². The zero-order chi connectivity index (χ0) is 20.1. The highest BCUT2D eigenvalue weighted by atomic mass is 79.9. The monoisotopic (exact) mass is 466 g/mol. The third-order valence-corrected chi connectivity index (χ3v) is 4.80. The first-order valence-electron chi connectivity index (χ1n) is 8.14. The van der Waals surface area contributed by atoms with E-state index in [1.807, 2.05) is 0 Å². The van der Waals surface area contributed by atoms with E-state index < -0.39 is 5.97 Å². The highest BCUT2D eigenvalue weighted by Gasteiger charge is 2.15. The van der Waals surface area contributed by atoms with Crippen molar-refractivity contribution < 1.29 is 23.5 Å². The summed E-state index contributed by atoms with van der Waals surface area (Å²) in [6.07, 6.45) is 0.0408. The lowest BCUT2D eigenvalue weighted by Gasteiger charge is -2.11. The molecule has 0 atom stereocenters. The van der Waals surface area contributed by atoms with Crippen LogP contribution in [-0.4, -0.2) is 30.3 Å². The van der Waals surface area contributed by atoms with Gasteiger partial charge in [0.15, 0.2) is 18.1 Å². The molecule has 0 spiro atoms. The minimum absolute atomic E-state index is 0.0408. The van der Waals surface area contributed by atoms with Crippen LogP contribution in [0.4, 0.5) is 0 Å². The number of carbonyl (C=O) groups is 1. The van der Waals surface area contributed by atoms with Gasteiger partial charge in [-0.1, -0.05) is 32.7 Å². The summed E-state index contributed by atoms with van der Waals surface area (Å²) < 4.78 is 21.5. The highest BCUT2D eigenvalue weighted by molar-refractivity contribution is 9.10. The van der Waals surface area contributed by atoms with Gasteiger partial charge < -0.3 is 18.7 Å². The van der Waals surface area contributed by atoms with E-state index in [0.29, 0.717) is 32.4 Å². The first-order chi connectivity index (χ1) is 13.5. The number of aromatic nitrogens is 2. The van der Waals surface area contributed by atoms with E-state index >= 15 is 0 Å². The number of rotatable bonds is 7. The van der Waals surface area contributed by atoms with Gasteiger partial charge in [0.25, 0.3) is 5.89 Å². The molecule has 7 nitrogen and oxygen atoms in total. The van der Waals surface area contributed by atoms with Crippen molar-refractivity contribution in [3.8, 4) is 22.9 Å². The molecule has 3 rings (SSSR count). The first kappa shape index (κ1) is 20.2. The second-order valence-corrected chi connectivity index (χ2v) is 6.95. The molecule has 1 heterocycles. The standard InChI is InChI=1S/C19H16BrClN2O5/c1-25-15-7-12(14(20)9-16(15)26-2)8-18(24)27-10-17-22-19(23-28-17)11-3-5-13(21)6-4-11/h3-7,9H,8,10H2,1-2H3. The Bertz CT molecular complexity index is 975. The predicted octanol–water partition coefficient (Wildman–Crippen LogP) is 4.46. The Morgan fingerprint density at radius 3 is 2.50 bits per heavy atom. The normalized spacial score (nSPS) is 10.6. The molecule has 0 aliphatic heterocycles. The van der Waals surface area contributed by atoms with Crippen molar-refractivity contribution in [3.63, 3.8) is 0 Å². The summed E-state index contributed by atoms with van der Waals surface area (Å²) in [7, 11) is 3.07. The van der Waals surface area contributed by atoms with Crippen LogP contribution in [-0.2, 0) is 22.6 Å². The highest BCUT2D eigenvalue weighted by Crippen LogP contribution is 2.33. The number of hydrogen-bond donors (Lipinski definition) is 0. The summed E-state index contributed by atoms with van der Waals surface area (Å²) in [6, 6.07) is 10.5. The van der Waals surface area contributed by atoms with Crippen molar-refractivity contribution in [2.24, 2.45) is 0 Å². The number of carbonyl (C=O) groups excluding carboxylic acids is 1. The van der Waals surface area contributed by atoms with Crippen molar-refractivity contribution in [2.45, 2.75) is 13.0 Å². The van der Waals surface area contributed by atoms with Crippen LogP contribution in [0.25, 0.3) is 11.4 Å². The lowest BCUT2D eigenvalue weighted by Crippen LogP contribution is -2.09. The number of halogens is 2. The molecule has 3 aromatic rings. The summed E-state index contributed by atoms with van der Waals surface area (Å²) in [4.78, 5) is 16.4. The third-order valence-electron chi connectivity index (χ3n) is 3.81. The van der Waals surface area contributed by atoms with Crippen LogP contribution in [0.2, 0.25) is 5.02 Å². The average Bonchev–Trinajstić information content (AvgIpc) is 3.17. The average molecular weight is 468 g/mol. The van der Waals surface area contributed by atoms with E-state index in [2.05, 4.69) is 26.1 Å². The number of benzene rings is 2. The molecule has 0 radical (unpaired) electrons. The molecule has 0 aliphatic carbocycles. The van der Waals surface area contributed by atoms with Gasteiger partial charge in [-0.05, 0) is 42.0 Å². The maximum absolute atomic E-state index is 12.2. The molecule has 9 heteroatoms. The van der Waals surface area contributed by atoms with Gasteiger partial charge in [-0.3, -0.25) is 4.79 Å². The van der Waals surface area contributed by atoms with Crippen molar-refractivity contribution in [3.05, 3.63) is 57.3 Å². The number of hydrogen-bond acceptors (Lipinski definition) is 7. The van der Waals surface area contributed by atoms with Gasteiger partial charge >= 0.3 is 5.97 Å². The number of nitrogens with zero attached hydrogens (tertiary/aromatic N) is 2. The molecule has 0 unspecified atom stereocenters. The first-order valence-corrected chi connectivity index (χ1v) is 9.31. The molecule has 0 N–H and O–H groups in total. The Balaban J connectivity index is 1.61. The Labute approximate surface area is 174 Å². The maximum Gasteiger partial charge on any atom is 0.310 e. The fourth-order valence-electron chi connectivity index (χ4n) is 2.41. The predicted molar refractivity (Wildman–Crippen MR) is 105 cm³/mol. The Hall–Kier alpha value is -2.58. The molecule has 2 aromatic carbocycles. The molecular formula is C19H16BrClN2O5. The maximum atomic E-state index is 12.2. The van der Waals surface area contributed by atoms with Crippen molar-refractivity contribution >= 4 is 33.5 Å². The van der Waals surface area contributed by atoms with Gasteiger partial charge in [-0.2, -0.15) is 4.98 Å². The quantitative estimate of drug-likeness (QED) is 0.474. The fraction of sp³-hybridized carbons (Fsp3) is 0.211. The lowest BCUT2D eigenvalue weighted by molar-refractivity contribution is -0.144. The largest absolute Gasteiger partial charge is 0.493 e. The van der Waals surface area contributed by atoms with Gasteiger partial charge in [0.1, 0.15) is 0 Å². The van der Waals surface area contributed by atoms with Crippen LogP contribution in [0, 0.1) is 0 Å². The Morgan fingerprint density at radius 2 is 1.82 bits per heavy atom. The zero-order valence-electron chi connectivity index (χ0n) is 15.1. The molecule has 0 saturated carbocycles. The van der Waals surface area contributed by atoms with E-state index in [4.69, 9.17) is 30.3 Å². The fourth-order valence-corrected chi connectivity index (χ4v) is 3.00. The van der Waals surface area contributed by atoms with Gasteiger partial charge in [-0.25, -0.2) is 0 Å². The van der Waals surface area contributed by atoms with Crippen LogP contribution >= 0.6 is 27.5 Å². The molecule has 0 fully saturated rings. The van der Waals surface area contributed by atoms with Gasteiger partial charge in [0.2, 0.25) is 5.82 Å². The van der Waals surface area contributed by atoms with Gasteiger partial charge in [0.05, 0.1) is 20.6 Å². The molecule has 0 bridgehead atoms. The van der Waals surface area contributed by atoms with E-state index in [9.17, 15) is 4.79 Å². The number of esters is 1. The molecule has 0 amide bonds. The minimum atomic E-state index is -0.445. The second-order valence-electron chi connectivity index (χ2n) is 5.65. The minimum Gasteiger partial charge on any atom is -0.493 e. The topological polar surface area (TPSA) is 83.7 Å². The Morgan fingerprint density at radius 1 is 1.14 bits per heavy atom. The van der Waals surface area contributed by atoms with Crippen LogP contribution in [0.3, 0.4) is 0 Å². The van der Waals surface area contributed by atoms with E-state index in [1.165, 1.54) is 7.11 Å². The molecule has 0 saturated heterocycles. The van der Waals surface area contributed by atoms with Crippen molar-refractivity contribution in [2.75, 3.05) is 14.2 Å². The molecule has 146 valence electrons. The zero-order valence-corrected chi connectivity index (χ0v) is 17.4. The van der Waals surface area contributed by atoms with E-state index in [1.54, 1.807) is 43.5 Å². The summed E-state index contributed by atoms with van der Waals surface area (Å²) >= 11 is 9.28. The third kappa shape index (κ3) is 4.82. The van der Waals surface area contributed by atoms with Crippen LogP contribution < -0.4 is 9.47 Å². The Kier molecular flexibility index (Phi) is 6.53. The summed E-state index contributed by atoms with van der Waals surface area (Å²) in [5, 5.41) is 4.49. The number of ether oxygens (including phenoxy) is 3. The van der Waals surface area contributed by atoms with E-state index in [0.717, 1.165) is 5.56 Å². The van der Waals surface area contributed by atoms with Gasteiger partial charge in [-0.15, -0.1) is 0 Å².